The molecular formula is C23H29F4N3O2. The summed E-state index contributed by atoms with van der Waals surface area (Å²) in [7, 11) is 0. The van der Waals surface area contributed by atoms with E-state index in [-0.39, 0.29) is 63.5 Å². The van der Waals surface area contributed by atoms with Crippen molar-refractivity contribution in [3.05, 3.63) is 29.6 Å². The van der Waals surface area contributed by atoms with Crippen molar-refractivity contribution in [2.75, 3.05) is 6.61 Å². The highest BCUT2D eigenvalue weighted by Gasteiger charge is 2.45. The standard InChI is InChI=1S/C20H23F4N3O2.C3H6/c21-19(22)3-4-29-14(10-19)7-17-26-15-2-1-12(5-16(15)27-17)11-25-18(28)6-13-8-20(23,24)9-13;1-2-3-1/h1-2,5,13-14H,3-4,6-11H2,(H,25,28)(H,26,27);1-3H2. The molecule has 1 atom stereocenters. The lowest BCUT2D eigenvalue weighted by molar-refractivity contribution is -0.133. The van der Waals surface area contributed by atoms with Gasteiger partial charge in [0.1, 0.15) is 5.82 Å². The lowest BCUT2D eigenvalue weighted by atomic mass is 9.79. The van der Waals surface area contributed by atoms with E-state index < -0.39 is 17.9 Å². The molecule has 32 heavy (non-hydrogen) atoms. The number of amides is 1. The monoisotopic (exact) mass is 455 g/mol. The van der Waals surface area contributed by atoms with Crippen molar-refractivity contribution in [1.29, 1.82) is 0 Å². The Kier molecular flexibility index (Phi) is 6.74. The SMILES string of the molecule is C1CC1.O=C(CC1CC(F)(F)C1)NCc1ccc2nc(CC3CC(F)(F)CCO3)[nH]c2c1. The Labute approximate surface area is 184 Å². The van der Waals surface area contributed by atoms with Crippen LogP contribution in [0.1, 0.15) is 62.8 Å². The Morgan fingerprint density at radius 2 is 1.88 bits per heavy atom. The van der Waals surface area contributed by atoms with Crippen LogP contribution in [0.3, 0.4) is 0 Å². The molecule has 2 N–H and O–H groups in total. The van der Waals surface area contributed by atoms with Gasteiger partial charge in [0, 0.05) is 45.1 Å². The van der Waals surface area contributed by atoms with Crippen LogP contribution in [0.2, 0.25) is 0 Å². The second kappa shape index (κ2) is 9.37. The van der Waals surface area contributed by atoms with E-state index in [0.717, 1.165) is 11.1 Å². The molecule has 1 saturated heterocycles. The third-order valence-electron chi connectivity index (χ3n) is 5.86. The maximum absolute atomic E-state index is 13.5. The second-order valence-corrected chi connectivity index (χ2v) is 9.21. The Bertz CT molecular complexity index is 934. The van der Waals surface area contributed by atoms with Gasteiger partial charge in [0.2, 0.25) is 11.8 Å². The van der Waals surface area contributed by atoms with Gasteiger partial charge in [0.05, 0.1) is 23.7 Å². The fourth-order valence-corrected chi connectivity index (χ4v) is 4.00. The fourth-order valence-electron chi connectivity index (χ4n) is 4.00. The predicted molar refractivity (Wildman–Crippen MR) is 112 cm³/mol. The number of imidazole rings is 1. The minimum Gasteiger partial charge on any atom is -0.377 e. The molecule has 1 aliphatic heterocycles. The van der Waals surface area contributed by atoms with Crippen molar-refractivity contribution in [2.45, 2.75) is 82.3 Å². The number of carbonyl (C=O) groups is 1. The normalized spacial score (nSPS) is 23.7. The van der Waals surface area contributed by atoms with Gasteiger partial charge in [-0.05, 0) is 23.6 Å². The van der Waals surface area contributed by atoms with Crippen molar-refractivity contribution in [3.8, 4) is 0 Å². The number of carbonyl (C=O) groups excluding carboxylic acids is 1. The van der Waals surface area contributed by atoms with Gasteiger partial charge >= 0.3 is 0 Å². The molecule has 5 nitrogen and oxygen atoms in total. The first-order chi connectivity index (χ1) is 15.2. The highest BCUT2D eigenvalue weighted by Crippen LogP contribution is 2.43. The van der Waals surface area contributed by atoms with Crippen LogP contribution in [0.4, 0.5) is 17.6 Å². The molecule has 1 aromatic heterocycles. The van der Waals surface area contributed by atoms with Crippen molar-refractivity contribution in [3.63, 3.8) is 0 Å². The zero-order valence-electron chi connectivity index (χ0n) is 17.9. The maximum atomic E-state index is 13.5. The topological polar surface area (TPSA) is 67.0 Å². The molecule has 0 spiro atoms. The van der Waals surface area contributed by atoms with Crippen LogP contribution in [0.5, 0.6) is 0 Å². The smallest absolute Gasteiger partial charge is 0.252 e. The van der Waals surface area contributed by atoms with E-state index in [4.69, 9.17) is 4.74 Å². The number of aromatic amines is 1. The van der Waals surface area contributed by atoms with E-state index in [1.54, 1.807) is 6.07 Å². The number of ether oxygens (including phenoxy) is 1. The highest BCUT2D eigenvalue weighted by atomic mass is 19.3. The molecule has 1 unspecified atom stereocenters. The lowest BCUT2D eigenvalue weighted by Gasteiger charge is -2.34. The second-order valence-electron chi connectivity index (χ2n) is 9.21. The fraction of sp³-hybridized carbons (Fsp3) is 0.652. The maximum Gasteiger partial charge on any atom is 0.252 e. The predicted octanol–water partition coefficient (Wildman–Crippen LogP) is 5.14. The molecule has 5 rings (SSSR count). The number of H-pyrrole nitrogens is 1. The van der Waals surface area contributed by atoms with Crippen LogP contribution < -0.4 is 5.32 Å². The minimum atomic E-state index is -2.70. The number of nitrogens with zero attached hydrogens (tertiary/aromatic N) is 1. The number of hydrogen-bond donors (Lipinski definition) is 2. The van der Waals surface area contributed by atoms with Gasteiger partial charge in [-0.1, -0.05) is 25.3 Å². The van der Waals surface area contributed by atoms with Gasteiger partial charge in [-0.2, -0.15) is 0 Å². The lowest BCUT2D eigenvalue weighted by Crippen LogP contribution is -2.38. The van der Waals surface area contributed by atoms with Crippen LogP contribution in [0, 0.1) is 5.92 Å². The van der Waals surface area contributed by atoms with Crippen molar-refractivity contribution >= 4 is 16.9 Å². The van der Waals surface area contributed by atoms with Crippen molar-refractivity contribution < 1.29 is 27.1 Å². The number of nitrogens with one attached hydrogen (secondary N) is 2. The summed E-state index contributed by atoms with van der Waals surface area (Å²) in [6.07, 6.45) is 3.31. The zero-order chi connectivity index (χ0) is 22.8. The molecule has 9 heteroatoms. The van der Waals surface area contributed by atoms with Gasteiger partial charge in [-0.15, -0.1) is 0 Å². The molecule has 1 amide bonds. The molecule has 3 aliphatic rings. The molecule has 0 bridgehead atoms. The Morgan fingerprint density at radius 3 is 2.53 bits per heavy atom. The molecule has 1 aromatic carbocycles. The third kappa shape index (κ3) is 6.67. The molecule has 2 aliphatic carbocycles. The molecule has 2 aromatic rings. The quantitative estimate of drug-likeness (QED) is 0.593. The number of fused-ring (bicyclic) bond motifs is 1. The molecule has 3 fully saturated rings. The van der Waals surface area contributed by atoms with E-state index in [2.05, 4.69) is 15.3 Å². The molecular weight excluding hydrogens is 426 g/mol. The highest BCUT2D eigenvalue weighted by molar-refractivity contribution is 5.78. The number of halogens is 4. The van der Waals surface area contributed by atoms with Crippen LogP contribution in [-0.4, -0.2) is 40.4 Å². The third-order valence-corrected chi connectivity index (χ3v) is 5.86. The van der Waals surface area contributed by atoms with Gasteiger partial charge in [-0.25, -0.2) is 22.5 Å². The summed E-state index contributed by atoms with van der Waals surface area (Å²) in [5.41, 5.74) is 2.28. The van der Waals surface area contributed by atoms with Crippen LogP contribution in [0.15, 0.2) is 18.2 Å². The largest absolute Gasteiger partial charge is 0.377 e. The van der Waals surface area contributed by atoms with Crippen LogP contribution in [-0.2, 0) is 22.5 Å². The van der Waals surface area contributed by atoms with E-state index in [9.17, 15) is 22.4 Å². The summed E-state index contributed by atoms with van der Waals surface area (Å²) in [5, 5.41) is 2.75. The summed E-state index contributed by atoms with van der Waals surface area (Å²) >= 11 is 0. The Morgan fingerprint density at radius 1 is 1.12 bits per heavy atom. The number of benzene rings is 1. The van der Waals surface area contributed by atoms with Gasteiger partial charge in [0.25, 0.3) is 5.92 Å². The molecule has 176 valence electrons. The van der Waals surface area contributed by atoms with Gasteiger partial charge in [0.15, 0.2) is 0 Å². The number of rotatable bonds is 6. The summed E-state index contributed by atoms with van der Waals surface area (Å²) in [6, 6.07) is 5.44. The van der Waals surface area contributed by atoms with Gasteiger partial charge in [-0.3, -0.25) is 4.79 Å². The van der Waals surface area contributed by atoms with Crippen molar-refractivity contribution in [2.24, 2.45) is 5.92 Å². The number of hydrogen-bond acceptors (Lipinski definition) is 3. The Balaban J connectivity index is 0.000000754. The first-order valence-corrected chi connectivity index (χ1v) is 11.3. The molecule has 2 saturated carbocycles. The van der Waals surface area contributed by atoms with Crippen LogP contribution >= 0.6 is 0 Å². The average Bonchev–Trinajstić information content (AvgIpc) is 3.51. The summed E-state index contributed by atoms with van der Waals surface area (Å²) in [5.74, 6) is -5.24. The number of alkyl halides is 4. The minimum absolute atomic E-state index is 0.0419. The molecule has 2 heterocycles. The van der Waals surface area contributed by atoms with E-state index in [1.807, 2.05) is 12.1 Å². The summed E-state index contributed by atoms with van der Waals surface area (Å²) in [6.45, 7) is 0.324. The van der Waals surface area contributed by atoms with Crippen molar-refractivity contribution in [1.82, 2.24) is 15.3 Å². The van der Waals surface area contributed by atoms with Crippen LogP contribution in [0.25, 0.3) is 11.0 Å². The zero-order valence-corrected chi connectivity index (χ0v) is 17.9. The van der Waals surface area contributed by atoms with E-state index >= 15 is 0 Å². The van der Waals surface area contributed by atoms with Gasteiger partial charge < -0.3 is 15.0 Å². The first kappa shape index (κ1) is 23.0. The average molecular weight is 455 g/mol. The van der Waals surface area contributed by atoms with E-state index in [0.29, 0.717) is 11.3 Å². The molecule has 0 radical (unpaired) electrons. The first-order valence-electron chi connectivity index (χ1n) is 11.3. The van der Waals surface area contributed by atoms with E-state index in [1.165, 1.54) is 19.3 Å². The number of aromatic nitrogens is 2. The Hall–Kier alpha value is -2.16. The summed E-state index contributed by atoms with van der Waals surface area (Å²) < 4.78 is 58.2. The summed E-state index contributed by atoms with van der Waals surface area (Å²) in [4.78, 5) is 19.5.